The van der Waals surface area contributed by atoms with Crippen LogP contribution in [0.3, 0.4) is 0 Å². The summed E-state index contributed by atoms with van der Waals surface area (Å²) in [6.07, 6.45) is 3.64. The lowest BCUT2D eigenvalue weighted by Crippen LogP contribution is -2.28. The average molecular weight is 323 g/mol. The van der Waals surface area contributed by atoms with E-state index in [0.717, 1.165) is 16.9 Å². The van der Waals surface area contributed by atoms with Crippen molar-refractivity contribution in [1.82, 2.24) is 24.9 Å². The van der Waals surface area contributed by atoms with Gasteiger partial charge in [-0.15, -0.1) is 0 Å². The van der Waals surface area contributed by atoms with Gasteiger partial charge in [0.2, 0.25) is 0 Å². The van der Waals surface area contributed by atoms with Crippen LogP contribution < -0.4 is 5.32 Å². The molecule has 0 saturated heterocycles. The van der Waals surface area contributed by atoms with E-state index < -0.39 is 0 Å². The molecule has 0 spiro atoms. The smallest absolute Gasteiger partial charge is 0.270 e. The summed E-state index contributed by atoms with van der Waals surface area (Å²) < 4.78 is 3.52. The Balaban J connectivity index is 1.72. The van der Waals surface area contributed by atoms with E-state index in [2.05, 4.69) is 15.5 Å². The molecule has 2 aromatic heterocycles. The molecule has 1 aromatic carbocycles. The zero-order valence-corrected chi connectivity index (χ0v) is 14.1. The second-order valence-electron chi connectivity index (χ2n) is 5.72. The lowest BCUT2D eigenvalue weighted by atomic mass is 10.1. The van der Waals surface area contributed by atoms with Gasteiger partial charge in [0.15, 0.2) is 0 Å². The topological polar surface area (TPSA) is 64.7 Å². The van der Waals surface area contributed by atoms with Gasteiger partial charge in [-0.05, 0) is 50.6 Å². The predicted molar refractivity (Wildman–Crippen MR) is 92.1 cm³/mol. The third kappa shape index (κ3) is 3.22. The highest BCUT2D eigenvalue weighted by Crippen LogP contribution is 2.16. The number of rotatable bonds is 5. The Morgan fingerprint density at radius 2 is 2.04 bits per heavy atom. The van der Waals surface area contributed by atoms with Crippen molar-refractivity contribution in [3.8, 4) is 5.69 Å². The summed E-state index contributed by atoms with van der Waals surface area (Å²) in [7, 11) is 0. The number of carbonyl (C=O) groups excluding carboxylic acids is 1. The summed E-state index contributed by atoms with van der Waals surface area (Å²) in [6.45, 7) is 6.50. The van der Waals surface area contributed by atoms with Crippen molar-refractivity contribution in [3.63, 3.8) is 0 Å². The number of aryl methyl sites for hydroxylation is 2. The number of nitrogens with one attached hydrogen (secondary N) is 1. The van der Waals surface area contributed by atoms with Gasteiger partial charge in [0.25, 0.3) is 5.91 Å². The Bertz CT molecular complexity index is 818. The molecule has 1 N–H and O–H groups in total. The van der Waals surface area contributed by atoms with Gasteiger partial charge in [-0.3, -0.25) is 9.48 Å². The SMILES string of the molecule is CCn1nc(C)cc1C(=O)NC(C)c1ccc(-n2cccn2)cc1. The maximum absolute atomic E-state index is 12.5. The third-order valence-corrected chi connectivity index (χ3v) is 3.94. The predicted octanol–water partition coefficient (Wildman–Crippen LogP) is 2.89. The molecular formula is C18H21N5O. The first-order chi connectivity index (χ1) is 11.6. The molecule has 124 valence electrons. The van der Waals surface area contributed by atoms with E-state index in [-0.39, 0.29) is 11.9 Å². The Hall–Kier alpha value is -2.89. The molecule has 1 amide bonds. The van der Waals surface area contributed by atoms with Crippen LogP contribution in [-0.2, 0) is 6.54 Å². The summed E-state index contributed by atoms with van der Waals surface area (Å²) in [4.78, 5) is 12.5. The normalized spacial score (nSPS) is 12.1. The fourth-order valence-corrected chi connectivity index (χ4v) is 2.66. The molecule has 0 bridgehead atoms. The monoisotopic (exact) mass is 323 g/mol. The van der Waals surface area contributed by atoms with Crippen molar-refractivity contribution in [2.75, 3.05) is 0 Å². The Kier molecular flexibility index (Phi) is 4.46. The van der Waals surface area contributed by atoms with Crippen molar-refractivity contribution < 1.29 is 4.79 Å². The van der Waals surface area contributed by atoms with Crippen molar-refractivity contribution >= 4 is 5.91 Å². The molecule has 0 saturated carbocycles. The molecule has 1 atom stereocenters. The third-order valence-electron chi connectivity index (χ3n) is 3.94. The molecule has 0 radical (unpaired) electrons. The molecule has 0 aliphatic heterocycles. The number of hydrogen-bond donors (Lipinski definition) is 1. The molecule has 2 heterocycles. The molecule has 0 aliphatic carbocycles. The summed E-state index contributed by atoms with van der Waals surface area (Å²) in [6, 6.07) is 11.6. The van der Waals surface area contributed by atoms with Crippen LogP contribution in [0.25, 0.3) is 5.69 Å². The minimum Gasteiger partial charge on any atom is -0.344 e. The summed E-state index contributed by atoms with van der Waals surface area (Å²) in [5.74, 6) is -0.110. The number of carbonyl (C=O) groups is 1. The lowest BCUT2D eigenvalue weighted by molar-refractivity contribution is 0.0929. The van der Waals surface area contributed by atoms with Gasteiger partial charge >= 0.3 is 0 Å². The standard InChI is InChI=1S/C18H21N5O/c1-4-22-17(12-13(2)21-22)18(24)20-14(3)15-6-8-16(9-7-15)23-11-5-10-19-23/h5-12,14H,4H2,1-3H3,(H,20,24). The first-order valence-corrected chi connectivity index (χ1v) is 8.03. The van der Waals surface area contributed by atoms with Gasteiger partial charge in [0.05, 0.1) is 17.4 Å². The van der Waals surface area contributed by atoms with Crippen molar-refractivity contribution in [3.05, 3.63) is 65.7 Å². The molecule has 24 heavy (non-hydrogen) atoms. The van der Waals surface area contributed by atoms with Crippen LogP contribution >= 0.6 is 0 Å². The van der Waals surface area contributed by atoms with Crippen LogP contribution in [0.15, 0.2) is 48.8 Å². The van der Waals surface area contributed by atoms with E-state index in [0.29, 0.717) is 12.2 Å². The van der Waals surface area contributed by atoms with Crippen LogP contribution in [0.2, 0.25) is 0 Å². The molecule has 3 aromatic rings. The Morgan fingerprint density at radius 1 is 1.29 bits per heavy atom. The van der Waals surface area contributed by atoms with Crippen molar-refractivity contribution in [2.24, 2.45) is 0 Å². The van der Waals surface area contributed by atoms with Crippen LogP contribution in [-0.4, -0.2) is 25.5 Å². The van der Waals surface area contributed by atoms with Crippen LogP contribution in [0.1, 0.15) is 41.6 Å². The quantitative estimate of drug-likeness (QED) is 0.785. The zero-order chi connectivity index (χ0) is 17.1. The van der Waals surface area contributed by atoms with E-state index >= 15 is 0 Å². The zero-order valence-electron chi connectivity index (χ0n) is 14.1. The average Bonchev–Trinajstić information content (AvgIpc) is 3.24. The van der Waals surface area contributed by atoms with Gasteiger partial charge in [0.1, 0.15) is 5.69 Å². The minimum atomic E-state index is -0.110. The van der Waals surface area contributed by atoms with E-state index in [9.17, 15) is 4.79 Å². The number of amides is 1. The second kappa shape index (κ2) is 6.70. The molecule has 6 heteroatoms. The first kappa shape index (κ1) is 16.0. The fourth-order valence-electron chi connectivity index (χ4n) is 2.66. The Labute approximate surface area is 141 Å². The molecular weight excluding hydrogens is 302 g/mol. The van der Waals surface area contributed by atoms with E-state index in [1.165, 1.54) is 0 Å². The molecule has 6 nitrogen and oxygen atoms in total. The second-order valence-corrected chi connectivity index (χ2v) is 5.72. The number of aromatic nitrogens is 4. The highest BCUT2D eigenvalue weighted by Gasteiger charge is 2.16. The first-order valence-electron chi connectivity index (χ1n) is 8.03. The van der Waals surface area contributed by atoms with Gasteiger partial charge in [-0.1, -0.05) is 12.1 Å². The maximum Gasteiger partial charge on any atom is 0.270 e. The van der Waals surface area contributed by atoms with Crippen molar-refractivity contribution in [2.45, 2.75) is 33.4 Å². The largest absolute Gasteiger partial charge is 0.344 e. The van der Waals surface area contributed by atoms with Crippen LogP contribution in [0.4, 0.5) is 0 Å². The lowest BCUT2D eigenvalue weighted by Gasteiger charge is -2.15. The summed E-state index contributed by atoms with van der Waals surface area (Å²) >= 11 is 0. The van der Waals surface area contributed by atoms with Gasteiger partial charge < -0.3 is 5.32 Å². The number of hydrogen-bond acceptors (Lipinski definition) is 3. The molecule has 0 aliphatic rings. The highest BCUT2D eigenvalue weighted by atomic mass is 16.2. The molecule has 0 fully saturated rings. The van der Waals surface area contributed by atoms with E-state index in [4.69, 9.17) is 0 Å². The summed E-state index contributed by atoms with van der Waals surface area (Å²) in [5.41, 5.74) is 3.47. The fraction of sp³-hybridized carbons (Fsp3) is 0.278. The molecule has 3 rings (SSSR count). The Morgan fingerprint density at radius 3 is 2.67 bits per heavy atom. The van der Waals surface area contributed by atoms with Gasteiger partial charge in [-0.25, -0.2) is 4.68 Å². The van der Waals surface area contributed by atoms with Gasteiger partial charge in [-0.2, -0.15) is 10.2 Å². The number of nitrogens with zero attached hydrogens (tertiary/aromatic N) is 4. The molecule has 1 unspecified atom stereocenters. The van der Waals surface area contributed by atoms with Gasteiger partial charge in [0, 0.05) is 18.9 Å². The van der Waals surface area contributed by atoms with Crippen LogP contribution in [0.5, 0.6) is 0 Å². The highest BCUT2D eigenvalue weighted by molar-refractivity contribution is 5.92. The van der Waals surface area contributed by atoms with Crippen molar-refractivity contribution in [1.29, 1.82) is 0 Å². The van der Waals surface area contributed by atoms with Crippen LogP contribution in [0, 0.1) is 6.92 Å². The van der Waals surface area contributed by atoms with E-state index in [1.807, 2.05) is 63.4 Å². The number of benzene rings is 1. The van der Waals surface area contributed by atoms with E-state index in [1.54, 1.807) is 15.6 Å². The minimum absolute atomic E-state index is 0.0929. The summed E-state index contributed by atoms with van der Waals surface area (Å²) in [5, 5.41) is 11.6. The maximum atomic E-state index is 12.5.